The number of carbonyl (C=O) groups excluding carboxylic acids is 2. The Morgan fingerprint density at radius 3 is 2.20 bits per heavy atom. The first-order valence-corrected chi connectivity index (χ1v) is 7.08. The molecule has 1 aliphatic heterocycles. The molecule has 0 aromatic carbocycles. The van der Waals surface area contributed by atoms with Crippen molar-refractivity contribution in [2.24, 2.45) is 34.5 Å². The summed E-state index contributed by atoms with van der Waals surface area (Å²) in [4.78, 5) is 24.6. The highest BCUT2D eigenvalue weighted by molar-refractivity contribution is 9.11. The van der Waals surface area contributed by atoms with E-state index < -0.39 is 34.5 Å². The number of amides is 2. The second-order valence-electron chi connectivity index (χ2n) is 5.71. The van der Waals surface area contributed by atoms with Crippen molar-refractivity contribution in [3.8, 4) is 12.1 Å². The number of hydrogen-bond donors (Lipinski definition) is 1. The molecule has 98 valence electrons. The molecule has 2 fully saturated rings. The second-order valence-corrected chi connectivity index (χ2v) is 6.63. The zero-order chi connectivity index (χ0) is 14.3. The maximum Gasteiger partial charge on any atom is 0.249 e. The normalized spacial score (nSPS) is 50.2. The number of nitriles is 2. The lowest BCUT2D eigenvalue weighted by Crippen LogP contribution is -2.64. The lowest BCUT2D eigenvalue weighted by atomic mass is 9.39. The minimum atomic E-state index is -1.60. The number of hydrogen-bond acceptors (Lipinski definition) is 4. The van der Waals surface area contributed by atoms with Crippen LogP contribution in [0.15, 0.2) is 22.7 Å². The van der Waals surface area contributed by atoms with Gasteiger partial charge in [-0.25, -0.2) is 0 Å². The zero-order valence-corrected chi connectivity index (χ0v) is 11.7. The van der Waals surface area contributed by atoms with Crippen molar-refractivity contribution < 1.29 is 9.59 Å². The molecular weight excluding hydrogens is 322 g/mol. The fourth-order valence-electron chi connectivity index (χ4n) is 4.45. The minimum Gasteiger partial charge on any atom is -0.293 e. The van der Waals surface area contributed by atoms with E-state index in [1.54, 1.807) is 0 Å². The van der Waals surface area contributed by atoms with Gasteiger partial charge in [0.1, 0.15) is 0 Å². The Bertz CT molecular complexity index is 728. The maximum absolute atomic E-state index is 12.3. The number of nitrogens with zero attached hydrogens (tertiary/aromatic N) is 2. The topological polar surface area (TPSA) is 93.8 Å². The first kappa shape index (κ1) is 11.9. The van der Waals surface area contributed by atoms with Gasteiger partial charge in [0.15, 0.2) is 10.8 Å². The predicted molar refractivity (Wildman–Crippen MR) is 69.4 cm³/mol. The highest BCUT2D eigenvalue weighted by Crippen LogP contribution is 2.70. The first-order chi connectivity index (χ1) is 9.54. The third-order valence-corrected chi connectivity index (χ3v) is 6.12. The molecule has 0 aromatic heterocycles. The molecule has 4 aliphatic carbocycles. The number of imide groups is 1. The van der Waals surface area contributed by atoms with Crippen LogP contribution in [0.2, 0.25) is 0 Å². The molecule has 1 saturated heterocycles. The highest BCUT2D eigenvalue weighted by Gasteiger charge is 2.80. The molecule has 0 radical (unpaired) electrons. The molecule has 6 atom stereocenters. The average Bonchev–Trinajstić information content (AvgIpc) is 2.67. The first-order valence-electron chi connectivity index (χ1n) is 6.28. The summed E-state index contributed by atoms with van der Waals surface area (Å²) in [5.74, 6) is -2.06. The molecule has 5 nitrogen and oxygen atoms in total. The predicted octanol–water partition coefficient (Wildman–Crippen LogP) is 1.00. The Labute approximate surface area is 123 Å². The summed E-state index contributed by atoms with van der Waals surface area (Å²) in [6.45, 7) is 0. The van der Waals surface area contributed by atoms with Gasteiger partial charge < -0.3 is 0 Å². The van der Waals surface area contributed by atoms with Crippen LogP contribution >= 0.6 is 15.9 Å². The summed E-state index contributed by atoms with van der Waals surface area (Å²) in [5.41, 5.74) is -3.20. The molecule has 0 spiro atoms. The molecule has 2 amide bonds. The summed E-state index contributed by atoms with van der Waals surface area (Å²) in [6.07, 6.45) is 5.64. The van der Waals surface area contributed by atoms with E-state index in [-0.39, 0.29) is 11.8 Å². The average molecular weight is 330 g/mol. The molecule has 1 N–H and O–H groups in total. The van der Waals surface area contributed by atoms with Gasteiger partial charge in [-0.15, -0.1) is 0 Å². The van der Waals surface area contributed by atoms with Gasteiger partial charge in [0.2, 0.25) is 11.8 Å². The summed E-state index contributed by atoms with van der Waals surface area (Å²) < 4.78 is 0.954. The highest BCUT2D eigenvalue weighted by atomic mass is 79.9. The van der Waals surface area contributed by atoms with Gasteiger partial charge in [0, 0.05) is 17.8 Å². The zero-order valence-electron chi connectivity index (χ0n) is 10.1. The Morgan fingerprint density at radius 2 is 1.65 bits per heavy atom. The van der Waals surface area contributed by atoms with Gasteiger partial charge in [-0.2, -0.15) is 10.5 Å². The van der Waals surface area contributed by atoms with Crippen LogP contribution in [0.1, 0.15) is 0 Å². The van der Waals surface area contributed by atoms with Crippen molar-refractivity contribution in [2.75, 3.05) is 0 Å². The van der Waals surface area contributed by atoms with Gasteiger partial charge in [-0.05, 0) is 10.4 Å². The van der Waals surface area contributed by atoms with Crippen LogP contribution < -0.4 is 5.32 Å². The maximum atomic E-state index is 12.3. The summed E-state index contributed by atoms with van der Waals surface area (Å²) in [6, 6.07) is 4.06. The monoisotopic (exact) mass is 329 g/mol. The van der Waals surface area contributed by atoms with Gasteiger partial charge in [-0.1, -0.05) is 34.2 Å². The van der Waals surface area contributed by atoms with Crippen LogP contribution in [0.3, 0.4) is 0 Å². The summed E-state index contributed by atoms with van der Waals surface area (Å²) in [7, 11) is 0. The lowest BCUT2D eigenvalue weighted by molar-refractivity contribution is -0.142. The third kappa shape index (κ3) is 0.837. The third-order valence-electron chi connectivity index (χ3n) is 5.33. The quantitative estimate of drug-likeness (QED) is 0.530. The van der Waals surface area contributed by atoms with Crippen molar-refractivity contribution in [1.29, 1.82) is 10.5 Å². The summed E-state index contributed by atoms with van der Waals surface area (Å²) in [5, 5.41) is 21.6. The Morgan fingerprint density at radius 1 is 1.10 bits per heavy atom. The van der Waals surface area contributed by atoms with Crippen molar-refractivity contribution in [3.05, 3.63) is 22.7 Å². The molecule has 2 bridgehead atoms. The molecule has 1 heterocycles. The minimum absolute atomic E-state index is 0.0165. The van der Waals surface area contributed by atoms with Crippen LogP contribution in [0.25, 0.3) is 0 Å². The Kier molecular flexibility index (Phi) is 1.91. The van der Waals surface area contributed by atoms with Crippen molar-refractivity contribution in [1.82, 2.24) is 5.32 Å². The van der Waals surface area contributed by atoms with E-state index in [9.17, 15) is 20.1 Å². The van der Waals surface area contributed by atoms with Gasteiger partial charge in [0.25, 0.3) is 0 Å². The van der Waals surface area contributed by atoms with Crippen molar-refractivity contribution in [2.45, 2.75) is 0 Å². The standard InChI is InChI=1S/C14H8BrN3O2/c15-9-3-6-7-1-2-8(10(6)9)14(5-17)12(20)18-11(19)13(7,14)4-16/h1-3,6-8,10H,(H,18,19,20). The summed E-state index contributed by atoms with van der Waals surface area (Å²) >= 11 is 3.45. The molecule has 6 heteroatoms. The second kappa shape index (κ2) is 3.21. The van der Waals surface area contributed by atoms with Crippen LogP contribution in [0.5, 0.6) is 0 Å². The van der Waals surface area contributed by atoms with Gasteiger partial charge in [0.05, 0.1) is 12.1 Å². The van der Waals surface area contributed by atoms with Crippen molar-refractivity contribution in [3.63, 3.8) is 0 Å². The Balaban J connectivity index is 2.08. The van der Waals surface area contributed by atoms with Crippen molar-refractivity contribution >= 4 is 27.7 Å². The number of rotatable bonds is 0. The van der Waals surface area contributed by atoms with E-state index in [0.717, 1.165) is 4.48 Å². The Hall–Kier alpha value is -1.92. The van der Waals surface area contributed by atoms with E-state index in [0.29, 0.717) is 0 Å². The fraction of sp³-hybridized carbons (Fsp3) is 0.429. The molecule has 20 heavy (non-hydrogen) atoms. The largest absolute Gasteiger partial charge is 0.293 e. The van der Waals surface area contributed by atoms with Crippen LogP contribution in [-0.2, 0) is 9.59 Å². The van der Waals surface area contributed by atoms with Gasteiger partial charge in [-0.3, -0.25) is 14.9 Å². The molecule has 0 aromatic rings. The fourth-order valence-corrected chi connectivity index (χ4v) is 5.35. The van der Waals surface area contributed by atoms with E-state index in [1.165, 1.54) is 0 Å². The van der Waals surface area contributed by atoms with Crippen LogP contribution in [0.4, 0.5) is 0 Å². The SMILES string of the molecule is N#CC12C(=O)NC(=O)C1(C#N)C1C=CC2C2C=C(Br)C21. The van der Waals surface area contributed by atoms with E-state index in [4.69, 9.17) is 0 Å². The van der Waals surface area contributed by atoms with Crippen LogP contribution in [0, 0.1) is 57.2 Å². The molecular formula is C14H8BrN3O2. The number of halogens is 1. The molecule has 6 unspecified atom stereocenters. The lowest BCUT2D eigenvalue weighted by Gasteiger charge is -2.59. The van der Waals surface area contributed by atoms with E-state index in [2.05, 4.69) is 21.2 Å². The molecule has 5 aliphatic rings. The number of carbonyl (C=O) groups is 2. The molecule has 5 rings (SSSR count). The number of nitrogens with one attached hydrogen (secondary N) is 1. The van der Waals surface area contributed by atoms with Gasteiger partial charge >= 0.3 is 0 Å². The smallest absolute Gasteiger partial charge is 0.249 e. The molecule has 1 saturated carbocycles. The number of allylic oxidation sites excluding steroid dienone is 4. The van der Waals surface area contributed by atoms with Crippen LogP contribution in [-0.4, -0.2) is 11.8 Å². The van der Waals surface area contributed by atoms with E-state index >= 15 is 0 Å². The van der Waals surface area contributed by atoms with E-state index in [1.807, 2.05) is 30.4 Å².